The number of hydrogen-bond donors (Lipinski definition) is 1. The van der Waals surface area contributed by atoms with Crippen LogP contribution in [-0.4, -0.2) is 64.1 Å². The molecule has 0 radical (unpaired) electrons. The van der Waals surface area contributed by atoms with Gasteiger partial charge in [-0.25, -0.2) is 4.98 Å². The third kappa shape index (κ3) is 3.78. The Morgan fingerprint density at radius 3 is 3.24 bits per heavy atom. The van der Waals surface area contributed by atoms with Gasteiger partial charge >= 0.3 is 0 Å². The zero-order chi connectivity index (χ0) is 17.1. The zero-order valence-corrected chi connectivity index (χ0v) is 15.0. The molecule has 0 spiro atoms. The Kier molecular flexibility index (Phi) is 5.14. The van der Waals surface area contributed by atoms with E-state index < -0.39 is 0 Å². The molecule has 0 saturated carbocycles. The Hall–Kier alpha value is -1.70. The molecule has 2 aliphatic heterocycles. The van der Waals surface area contributed by atoms with E-state index in [1.165, 1.54) is 18.7 Å². The molecule has 0 unspecified atom stereocenters. The maximum Gasteiger partial charge on any atom is 0.160 e. The third-order valence-corrected chi connectivity index (χ3v) is 5.27. The summed E-state index contributed by atoms with van der Waals surface area (Å²) in [7, 11) is 1.77. The molecule has 1 fully saturated rings. The standard InChI is InChI=1S/C18H28N6O/c1-25-10-9-22-7-3-15(13-22)14-23-8-5-20-18(23)17-11-16-12-19-4-2-6-24(16)21-17/h5,8,11,15,19H,2-4,6-7,9-10,12-14H2,1H3/t15-/m1/s1. The molecule has 1 saturated heterocycles. The number of nitrogens with zero attached hydrogens (tertiary/aromatic N) is 5. The van der Waals surface area contributed by atoms with Crippen LogP contribution in [0.25, 0.3) is 11.5 Å². The summed E-state index contributed by atoms with van der Waals surface area (Å²) in [5, 5.41) is 8.26. The fourth-order valence-corrected chi connectivity index (χ4v) is 3.92. The van der Waals surface area contributed by atoms with Gasteiger partial charge in [0.15, 0.2) is 5.82 Å². The number of likely N-dealkylation sites (tertiary alicyclic amines) is 1. The topological polar surface area (TPSA) is 60.1 Å². The van der Waals surface area contributed by atoms with Crippen LogP contribution in [0.15, 0.2) is 18.5 Å². The molecule has 2 aromatic rings. The number of ether oxygens (including phenoxy) is 1. The first kappa shape index (κ1) is 16.8. The predicted molar refractivity (Wildman–Crippen MR) is 96.2 cm³/mol. The predicted octanol–water partition coefficient (Wildman–Crippen LogP) is 1.21. The van der Waals surface area contributed by atoms with E-state index >= 15 is 0 Å². The lowest BCUT2D eigenvalue weighted by atomic mass is 10.1. The summed E-state index contributed by atoms with van der Waals surface area (Å²) in [6.45, 7) is 8.12. The molecule has 0 aromatic carbocycles. The number of nitrogens with one attached hydrogen (secondary N) is 1. The van der Waals surface area contributed by atoms with Crippen molar-refractivity contribution in [2.75, 3.05) is 39.9 Å². The van der Waals surface area contributed by atoms with Crippen molar-refractivity contribution in [1.82, 2.24) is 29.5 Å². The van der Waals surface area contributed by atoms with E-state index in [9.17, 15) is 0 Å². The average molecular weight is 344 g/mol. The summed E-state index contributed by atoms with van der Waals surface area (Å²) in [5.74, 6) is 1.67. The maximum absolute atomic E-state index is 5.20. The van der Waals surface area contributed by atoms with E-state index in [2.05, 4.69) is 36.7 Å². The molecule has 1 N–H and O–H groups in total. The van der Waals surface area contributed by atoms with Crippen molar-refractivity contribution < 1.29 is 4.74 Å². The zero-order valence-electron chi connectivity index (χ0n) is 15.0. The highest BCUT2D eigenvalue weighted by atomic mass is 16.5. The molecule has 7 nitrogen and oxygen atoms in total. The molecular formula is C18H28N6O. The molecule has 2 aliphatic rings. The first-order valence-corrected chi connectivity index (χ1v) is 9.33. The number of hydrogen-bond acceptors (Lipinski definition) is 5. The summed E-state index contributed by atoms with van der Waals surface area (Å²) in [4.78, 5) is 7.09. The van der Waals surface area contributed by atoms with Gasteiger partial charge in [0.2, 0.25) is 0 Å². The van der Waals surface area contributed by atoms with Crippen molar-refractivity contribution in [3.8, 4) is 11.5 Å². The van der Waals surface area contributed by atoms with E-state index in [4.69, 9.17) is 9.84 Å². The second-order valence-electron chi connectivity index (χ2n) is 7.13. The largest absolute Gasteiger partial charge is 0.383 e. The van der Waals surface area contributed by atoms with Crippen LogP contribution in [0.5, 0.6) is 0 Å². The average Bonchev–Trinajstić information content (AvgIpc) is 3.32. The van der Waals surface area contributed by atoms with E-state index in [-0.39, 0.29) is 0 Å². The molecule has 2 aromatic heterocycles. The van der Waals surface area contributed by atoms with Gasteiger partial charge in [-0.15, -0.1) is 0 Å². The van der Waals surface area contributed by atoms with Gasteiger partial charge in [-0.2, -0.15) is 5.10 Å². The number of aromatic nitrogens is 4. The van der Waals surface area contributed by atoms with Crippen LogP contribution >= 0.6 is 0 Å². The van der Waals surface area contributed by atoms with Crippen molar-refractivity contribution in [3.63, 3.8) is 0 Å². The van der Waals surface area contributed by atoms with Crippen molar-refractivity contribution in [2.24, 2.45) is 5.92 Å². The fourth-order valence-electron chi connectivity index (χ4n) is 3.92. The van der Waals surface area contributed by atoms with Gasteiger partial charge in [-0.1, -0.05) is 0 Å². The van der Waals surface area contributed by atoms with E-state index in [0.717, 1.165) is 63.8 Å². The van der Waals surface area contributed by atoms with Gasteiger partial charge in [-0.3, -0.25) is 4.68 Å². The van der Waals surface area contributed by atoms with Crippen LogP contribution in [0.2, 0.25) is 0 Å². The Morgan fingerprint density at radius 1 is 1.36 bits per heavy atom. The Labute approximate surface area is 149 Å². The van der Waals surface area contributed by atoms with Crippen LogP contribution in [0, 0.1) is 5.92 Å². The van der Waals surface area contributed by atoms with Crippen LogP contribution in [0.4, 0.5) is 0 Å². The monoisotopic (exact) mass is 344 g/mol. The number of imidazole rings is 1. The van der Waals surface area contributed by atoms with Gasteiger partial charge in [0.25, 0.3) is 0 Å². The van der Waals surface area contributed by atoms with Gasteiger partial charge in [0, 0.05) is 52.2 Å². The summed E-state index contributed by atoms with van der Waals surface area (Å²) >= 11 is 0. The highest BCUT2D eigenvalue weighted by Gasteiger charge is 2.24. The second kappa shape index (κ2) is 7.68. The van der Waals surface area contributed by atoms with Crippen LogP contribution in [0.1, 0.15) is 18.5 Å². The molecule has 1 atom stereocenters. The summed E-state index contributed by atoms with van der Waals surface area (Å²) in [6.07, 6.45) is 6.36. The minimum absolute atomic E-state index is 0.673. The third-order valence-electron chi connectivity index (χ3n) is 5.27. The highest BCUT2D eigenvalue weighted by molar-refractivity contribution is 5.50. The van der Waals surface area contributed by atoms with Crippen molar-refractivity contribution >= 4 is 0 Å². The molecule has 136 valence electrons. The lowest BCUT2D eigenvalue weighted by Gasteiger charge is -2.16. The van der Waals surface area contributed by atoms with Crippen molar-refractivity contribution in [3.05, 3.63) is 24.2 Å². The molecule has 0 amide bonds. The number of aryl methyl sites for hydroxylation is 1. The molecule has 7 heteroatoms. The van der Waals surface area contributed by atoms with Gasteiger partial charge in [-0.05, 0) is 37.9 Å². The van der Waals surface area contributed by atoms with Crippen LogP contribution in [-0.2, 0) is 24.4 Å². The lowest BCUT2D eigenvalue weighted by molar-refractivity contribution is 0.158. The SMILES string of the molecule is COCCN1CC[C@@H](Cn2ccnc2-c2cc3n(n2)CCCNC3)C1. The molecular weight excluding hydrogens is 316 g/mol. The first-order chi connectivity index (χ1) is 12.3. The summed E-state index contributed by atoms with van der Waals surface area (Å²) < 4.78 is 9.61. The fraction of sp³-hybridized carbons (Fsp3) is 0.667. The number of fused-ring (bicyclic) bond motifs is 1. The van der Waals surface area contributed by atoms with Crippen LogP contribution in [0.3, 0.4) is 0 Å². The minimum atomic E-state index is 0.673. The van der Waals surface area contributed by atoms with Gasteiger partial charge in [0.05, 0.1) is 12.3 Å². The number of rotatable bonds is 6. The Bertz CT molecular complexity index is 670. The first-order valence-electron chi connectivity index (χ1n) is 9.33. The highest BCUT2D eigenvalue weighted by Crippen LogP contribution is 2.23. The van der Waals surface area contributed by atoms with Gasteiger partial charge in [0.1, 0.15) is 5.69 Å². The second-order valence-corrected chi connectivity index (χ2v) is 7.13. The van der Waals surface area contributed by atoms with Crippen LogP contribution < -0.4 is 5.32 Å². The molecule has 25 heavy (non-hydrogen) atoms. The Morgan fingerprint density at radius 2 is 2.32 bits per heavy atom. The van der Waals surface area contributed by atoms with E-state index in [1.807, 2.05) is 6.20 Å². The summed E-state index contributed by atoms with van der Waals surface area (Å²) in [5.41, 5.74) is 2.26. The van der Waals surface area contributed by atoms with Crippen molar-refractivity contribution in [2.45, 2.75) is 32.5 Å². The molecule has 0 aliphatic carbocycles. The Balaban J connectivity index is 1.44. The molecule has 4 rings (SSSR count). The van der Waals surface area contributed by atoms with E-state index in [0.29, 0.717) is 5.92 Å². The normalized spacial score (nSPS) is 21.4. The maximum atomic E-state index is 5.20. The molecule has 0 bridgehead atoms. The van der Waals surface area contributed by atoms with Crippen molar-refractivity contribution in [1.29, 1.82) is 0 Å². The lowest BCUT2D eigenvalue weighted by Crippen LogP contribution is -2.25. The number of methoxy groups -OCH3 is 1. The minimum Gasteiger partial charge on any atom is -0.383 e. The molecule has 4 heterocycles. The quantitative estimate of drug-likeness (QED) is 0.853. The summed E-state index contributed by atoms with van der Waals surface area (Å²) in [6, 6.07) is 2.19. The van der Waals surface area contributed by atoms with Gasteiger partial charge < -0.3 is 19.5 Å². The van der Waals surface area contributed by atoms with E-state index in [1.54, 1.807) is 7.11 Å². The smallest absolute Gasteiger partial charge is 0.160 e.